The lowest BCUT2D eigenvalue weighted by atomic mass is 10.0. The fourth-order valence-corrected chi connectivity index (χ4v) is 3.98. The van der Waals surface area contributed by atoms with Crippen molar-refractivity contribution in [2.24, 2.45) is 0 Å². The maximum Gasteiger partial charge on any atom is 0.0468 e. The lowest BCUT2D eigenvalue weighted by Crippen LogP contribution is -2.09. The Labute approximate surface area is 181 Å². The summed E-state index contributed by atoms with van der Waals surface area (Å²) >= 11 is 6.25. The monoisotopic (exact) mass is 405 g/mol. The van der Waals surface area contributed by atoms with Crippen LogP contribution in [0.5, 0.6) is 0 Å². The van der Waals surface area contributed by atoms with Crippen LogP contribution in [-0.2, 0) is 0 Å². The molecule has 0 heterocycles. The first-order valence-corrected chi connectivity index (χ1v) is 10.4. The van der Waals surface area contributed by atoms with E-state index in [1.54, 1.807) is 0 Å². The summed E-state index contributed by atoms with van der Waals surface area (Å²) in [4.78, 5) is 2.27. The first kappa shape index (κ1) is 18.5. The molecule has 0 aromatic heterocycles. The van der Waals surface area contributed by atoms with Crippen LogP contribution < -0.4 is 4.90 Å². The predicted molar refractivity (Wildman–Crippen MR) is 129 cm³/mol. The van der Waals surface area contributed by atoms with E-state index in [0.717, 1.165) is 27.5 Å². The fourth-order valence-electron chi connectivity index (χ4n) is 3.80. The molecule has 0 N–H and O–H groups in total. The highest BCUT2D eigenvalue weighted by atomic mass is 35.5. The van der Waals surface area contributed by atoms with Gasteiger partial charge in [0.1, 0.15) is 0 Å². The molecule has 30 heavy (non-hydrogen) atoms. The van der Waals surface area contributed by atoms with Gasteiger partial charge in [0, 0.05) is 22.1 Å². The van der Waals surface area contributed by atoms with Crippen molar-refractivity contribution in [1.82, 2.24) is 0 Å². The van der Waals surface area contributed by atoms with Crippen molar-refractivity contribution in [3.63, 3.8) is 0 Å². The van der Waals surface area contributed by atoms with Gasteiger partial charge in [0.25, 0.3) is 0 Å². The van der Waals surface area contributed by atoms with E-state index >= 15 is 0 Å². The number of halogens is 1. The molecular formula is C28H20ClN. The Kier molecular flexibility index (Phi) is 4.96. The quantitative estimate of drug-likeness (QED) is 0.289. The second-order valence-electron chi connectivity index (χ2n) is 7.26. The molecule has 0 aliphatic rings. The third kappa shape index (κ3) is 3.68. The Bertz CT molecular complexity index is 1280. The second kappa shape index (κ2) is 8.06. The summed E-state index contributed by atoms with van der Waals surface area (Å²) in [6.07, 6.45) is 0. The second-order valence-corrected chi connectivity index (χ2v) is 7.70. The van der Waals surface area contributed by atoms with Crippen LogP contribution in [-0.4, -0.2) is 0 Å². The molecule has 0 amide bonds. The molecule has 0 aliphatic heterocycles. The van der Waals surface area contributed by atoms with E-state index in [0.29, 0.717) is 0 Å². The summed E-state index contributed by atoms with van der Waals surface area (Å²) in [5.74, 6) is 0. The largest absolute Gasteiger partial charge is 0.310 e. The zero-order valence-corrected chi connectivity index (χ0v) is 17.1. The van der Waals surface area contributed by atoms with Gasteiger partial charge < -0.3 is 4.90 Å². The van der Waals surface area contributed by atoms with Crippen LogP contribution in [0.1, 0.15) is 0 Å². The molecule has 0 saturated heterocycles. The van der Waals surface area contributed by atoms with Crippen LogP contribution in [0.2, 0.25) is 5.02 Å². The predicted octanol–water partition coefficient (Wildman–Crippen LogP) is 8.63. The molecule has 5 aromatic rings. The van der Waals surface area contributed by atoms with Gasteiger partial charge in [0.15, 0.2) is 0 Å². The van der Waals surface area contributed by atoms with Crippen molar-refractivity contribution in [1.29, 1.82) is 0 Å². The maximum atomic E-state index is 6.25. The fraction of sp³-hybridized carbons (Fsp3) is 0. The van der Waals surface area contributed by atoms with Crippen molar-refractivity contribution in [3.05, 3.63) is 126 Å². The summed E-state index contributed by atoms with van der Waals surface area (Å²) in [6, 6.07) is 42.1. The minimum Gasteiger partial charge on any atom is -0.310 e. The Balaban J connectivity index is 1.61. The van der Waals surface area contributed by atoms with Crippen LogP contribution in [0.4, 0.5) is 17.1 Å². The van der Waals surface area contributed by atoms with Gasteiger partial charge in [0.2, 0.25) is 0 Å². The summed E-state index contributed by atoms with van der Waals surface area (Å²) in [7, 11) is 0. The number of fused-ring (bicyclic) bond motifs is 1. The number of rotatable bonds is 4. The zero-order chi connectivity index (χ0) is 20.3. The highest BCUT2D eigenvalue weighted by Crippen LogP contribution is 2.37. The standard InChI is InChI=1S/C28H20ClN/c29-25-15-11-23-14-18-28(20-24(23)19-25)30(26-9-5-2-6-10-26)27-16-12-22(13-17-27)21-7-3-1-4-8-21/h1-20H. The topological polar surface area (TPSA) is 3.24 Å². The van der Waals surface area contributed by atoms with Crippen molar-refractivity contribution < 1.29 is 0 Å². The Morgan fingerprint density at radius 3 is 1.73 bits per heavy atom. The Morgan fingerprint density at radius 1 is 0.433 bits per heavy atom. The van der Waals surface area contributed by atoms with E-state index in [9.17, 15) is 0 Å². The van der Waals surface area contributed by atoms with Crippen LogP contribution in [0.25, 0.3) is 21.9 Å². The first-order chi connectivity index (χ1) is 14.8. The van der Waals surface area contributed by atoms with Crippen LogP contribution >= 0.6 is 11.6 Å². The lowest BCUT2D eigenvalue weighted by molar-refractivity contribution is 1.29. The number of benzene rings is 5. The Hall–Kier alpha value is -3.55. The summed E-state index contributed by atoms with van der Waals surface area (Å²) in [5, 5.41) is 3.05. The van der Waals surface area contributed by atoms with Crippen LogP contribution in [0.3, 0.4) is 0 Å². The molecule has 2 heteroatoms. The highest BCUT2D eigenvalue weighted by Gasteiger charge is 2.13. The van der Waals surface area contributed by atoms with E-state index in [1.807, 2.05) is 24.3 Å². The van der Waals surface area contributed by atoms with Crippen molar-refractivity contribution in [2.45, 2.75) is 0 Å². The minimum atomic E-state index is 0.748. The molecule has 0 unspecified atom stereocenters. The highest BCUT2D eigenvalue weighted by molar-refractivity contribution is 6.31. The van der Waals surface area contributed by atoms with Gasteiger partial charge in [-0.15, -0.1) is 0 Å². The maximum absolute atomic E-state index is 6.25. The molecule has 0 bridgehead atoms. The van der Waals surface area contributed by atoms with Gasteiger partial charge in [-0.2, -0.15) is 0 Å². The van der Waals surface area contributed by atoms with Gasteiger partial charge in [-0.1, -0.05) is 84.4 Å². The molecule has 0 saturated carbocycles. The van der Waals surface area contributed by atoms with E-state index in [-0.39, 0.29) is 0 Å². The molecule has 5 aromatic carbocycles. The normalized spacial score (nSPS) is 10.8. The molecular weight excluding hydrogens is 386 g/mol. The minimum absolute atomic E-state index is 0.748. The average molecular weight is 406 g/mol. The molecule has 1 nitrogen and oxygen atoms in total. The van der Waals surface area contributed by atoms with Gasteiger partial charge >= 0.3 is 0 Å². The number of hydrogen-bond acceptors (Lipinski definition) is 1. The summed E-state index contributed by atoms with van der Waals surface area (Å²) < 4.78 is 0. The number of para-hydroxylation sites is 1. The Morgan fingerprint density at radius 2 is 1.00 bits per heavy atom. The lowest BCUT2D eigenvalue weighted by Gasteiger charge is -2.26. The number of anilines is 3. The van der Waals surface area contributed by atoms with Gasteiger partial charge in [-0.05, 0) is 70.4 Å². The van der Waals surface area contributed by atoms with Gasteiger partial charge in [-0.3, -0.25) is 0 Å². The molecule has 0 radical (unpaired) electrons. The summed E-state index contributed by atoms with van der Waals surface area (Å²) in [6.45, 7) is 0. The van der Waals surface area contributed by atoms with Crippen LogP contribution in [0.15, 0.2) is 121 Å². The molecule has 144 valence electrons. The first-order valence-electron chi connectivity index (χ1n) is 9.98. The van der Waals surface area contributed by atoms with Crippen molar-refractivity contribution in [3.8, 4) is 11.1 Å². The van der Waals surface area contributed by atoms with E-state index < -0.39 is 0 Å². The molecule has 0 aliphatic carbocycles. The van der Waals surface area contributed by atoms with E-state index in [1.165, 1.54) is 16.5 Å². The third-order valence-corrected chi connectivity index (χ3v) is 5.53. The molecule has 0 fully saturated rings. The van der Waals surface area contributed by atoms with Gasteiger partial charge in [-0.25, -0.2) is 0 Å². The van der Waals surface area contributed by atoms with Crippen molar-refractivity contribution >= 4 is 39.4 Å². The van der Waals surface area contributed by atoms with Gasteiger partial charge in [0.05, 0.1) is 0 Å². The van der Waals surface area contributed by atoms with Crippen LogP contribution in [0, 0.1) is 0 Å². The molecule has 5 rings (SSSR count). The van der Waals surface area contributed by atoms with Crippen molar-refractivity contribution in [2.75, 3.05) is 4.90 Å². The summed E-state index contributed by atoms with van der Waals surface area (Å²) in [5.41, 5.74) is 5.75. The van der Waals surface area contributed by atoms with E-state index in [2.05, 4.69) is 102 Å². The number of hydrogen-bond donors (Lipinski definition) is 0. The molecule has 0 spiro atoms. The number of nitrogens with zero attached hydrogens (tertiary/aromatic N) is 1. The SMILES string of the molecule is Clc1ccc2ccc(N(c3ccccc3)c3ccc(-c4ccccc4)cc3)cc2c1. The smallest absolute Gasteiger partial charge is 0.0468 e. The average Bonchev–Trinajstić information content (AvgIpc) is 2.81. The zero-order valence-electron chi connectivity index (χ0n) is 16.4. The van der Waals surface area contributed by atoms with E-state index in [4.69, 9.17) is 11.6 Å². The molecule has 0 atom stereocenters. The third-order valence-electron chi connectivity index (χ3n) is 5.29.